The number of aromatic nitrogens is 2. The summed E-state index contributed by atoms with van der Waals surface area (Å²) < 4.78 is 13.3. The second-order valence-electron chi connectivity index (χ2n) is 5.34. The molecule has 0 radical (unpaired) electrons. The van der Waals surface area contributed by atoms with Crippen LogP contribution in [0.25, 0.3) is 0 Å². The predicted octanol–water partition coefficient (Wildman–Crippen LogP) is 4.72. The van der Waals surface area contributed by atoms with Gasteiger partial charge in [0.2, 0.25) is 5.95 Å². The van der Waals surface area contributed by atoms with Crippen LogP contribution in [0.2, 0.25) is 0 Å². The number of anilines is 4. The summed E-state index contributed by atoms with van der Waals surface area (Å²) in [6.45, 7) is 3.93. The van der Waals surface area contributed by atoms with Crippen molar-refractivity contribution in [1.29, 1.82) is 0 Å². The molecule has 0 spiro atoms. The summed E-state index contributed by atoms with van der Waals surface area (Å²) in [6.07, 6.45) is 0. The van der Waals surface area contributed by atoms with Gasteiger partial charge in [-0.2, -0.15) is 4.98 Å². The molecule has 0 atom stereocenters. The van der Waals surface area contributed by atoms with Crippen molar-refractivity contribution in [1.82, 2.24) is 9.97 Å². The molecule has 3 aromatic rings. The summed E-state index contributed by atoms with van der Waals surface area (Å²) in [4.78, 5) is 8.75. The minimum Gasteiger partial charge on any atom is -0.340 e. The highest BCUT2D eigenvalue weighted by Crippen LogP contribution is 2.19. The van der Waals surface area contributed by atoms with E-state index < -0.39 is 0 Å². The molecule has 2 N–H and O–H groups in total. The molecule has 0 saturated carbocycles. The number of aryl methyl sites for hydroxylation is 2. The van der Waals surface area contributed by atoms with E-state index in [1.807, 2.05) is 44.2 Å². The van der Waals surface area contributed by atoms with Crippen LogP contribution in [0.4, 0.5) is 27.5 Å². The molecule has 0 saturated heterocycles. The van der Waals surface area contributed by atoms with Gasteiger partial charge in [0.15, 0.2) is 0 Å². The minimum absolute atomic E-state index is 0.305. The molecule has 5 heteroatoms. The molecule has 1 heterocycles. The van der Waals surface area contributed by atoms with Crippen LogP contribution in [0.5, 0.6) is 0 Å². The number of hydrogen-bond donors (Lipinski definition) is 2. The molecule has 4 nitrogen and oxygen atoms in total. The Morgan fingerprint density at radius 3 is 2.35 bits per heavy atom. The van der Waals surface area contributed by atoms with Crippen LogP contribution < -0.4 is 10.6 Å². The average Bonchev–Trinajstić information content (AvgIpc) is 2.49. The van der Waals surface area contributed by atoms with Crippen LogP contribution in [0.3, 0.4) is 0 Å². The number of nitrogens with zero attached hydrogens (tertiary/aromatic N) is 2. The Hall–Kier alpha value is -2.95. The van der Waals surface area contributed by atoms with Crippen LogP contribution in [0, 0.1) is 19.7 Å². The second kappa shape index (κ2) is 6.44. The number of benzene rings is 2. The first kappa shape index (κ1) is 15.0. The molecule has 3 rings (SSSR count). The van der Waals surface area contributed by atoms with Crippen LogP contribution in [-0.4, -0.2) is 9.97 Å². The Morgan fingerprint density at radius 2 is 1.61 bits per heavy atom. The Kier molecular flexibility index (Phi) is 4.19. The Morgan fingerprint density at radius 1 is 0.826 bits per heavy atom. The fourth-order valence-electron chi connectivity index (χ4n) is 2.17. The summed E-state index contributed by atoms with van der Waals surface area (Å²) in [5, 5.41) is 6.26. The summed E-state index contributed by atoms with van der Waals surface area (Å²) >= 11 is 0. The summed E-state index contributed by atoms with van der Waals surface area (Å²) in [5.41, 5.74) is 3.57. The van der Waals surface area contributed by atoms with E-state index in [4.69, 9.17) is 0 Å². The van der Waals surface area contributed by atoms with Gasteiger partial charge in [-0.1, -0.05) is 23.8 Å². The quantitative estimate of drug-likeness (QED) is 0.732. The van der Waals surface area contributed by atoms with Gasteiger partial charge in [0.25, 0.3) is 0 Å². The SMILES string of the molecule is Cc1ccc(Nc2cc(C)nc(Nc3cccc(F)c3)n2)cc1. The molecule has 0 unspecified atom stereocenters. The number of hydrogen-bond acceptors (Lipinski definition) is 4. The highest BCUT2D eigenvalue weighted by molar-refractivity contribution is 5.60. The van der Waals surface area contributed by atoms with Crippen molar-refractivity contribution in [3.63, 3.8) is 0 Å². The fraction of sp³-hybridized carbons (Fsp3) is 0.111. The van der Waals surface area contributed by atoms with Gasteiger partial charge in [0, 0.05) is 23.1 Å². The molecule has 0 amide bonds. The molecule has 0 aliphatic heterocycles. The molecular weight excluding hydrogens is 291 g/mol. The first-order valence-electron chi connectivity index (χ1n) is 7.30. The topological polar surface area (TPSA) is 49.8 Å². The first-order chi connectivity index (χ1) is 11.1. The minimum atomic E-state index is -0.305. The molecule has 0 bridgehead atoms. The van der Waals surface area contributed by atoms with E-state index in [-0.39, 0.29) is 5.82 Å². The van der Waals surface area contributed by atoms with Crippen LogP contribution >= 0.6 is 0 Å². The first-order valence-corrected chi connectivity index (χ1v) is 7.30. The molecule has 0 aliphatic carbocycles. The maximum absolute atomic E-state index is 13.3. The Labute approximate surface area is 134 Å². The normalized spacial score (nSPS) is 10.4. The third-order valence-electron chi connectivity index (χ3n) is 3.26. The largest absolute Gasteiger partial charge is 0.340 e. The smallest absolute Gasteiger partial charge is 0.229 e. The van der Waals surface area contributed by atoms with Gasteiger partial charge in [-0.15, -0.1) is 0 Å². The standard InChI is InChI=1S/C18H17FN4/c1-12-6-8-15(9-7-12)21-17-10-13(2)20-18(23-17)22-16-5-3-4-14(19)11-16/h3-11H,1-2H3,(H2,20,21,22,23). The van der Waals surface area contributed by atoms with Gasteiger partial charge < -0.3 is 10.6 Å². The van der Waals surface area contributed by atoms with E-state index in [0.717, 1.165) is 11.4 Å². The zero-order chi connectivity index (χ0) is 16.2. The van der Waals surface area contributed by atoms with Gasteiger partial charge >= 0.3 is 0 Å². The third kappa shape index (κ3) is 4.03. The van der Waals surface area contributed by atoms with Crippen molar-refractivity contribution in [2.24, 2.45) is 0 Å². The van der Waals surface area contributed by atoms with Crippen LogP contribution in [-0.2, 0) is 0 Å². The van der Waals surface area contributed by atoms with E-state index >= 15 is 0 Å². The van der Waals surface area contributed by atoms with E-state index in [1.165, 1.54) is 17.7 Å². The Bertz CT molecular complexity index is 816. The molecule has 0 aliphatic rings. The fourth-order valence-corrected chi connectivity index (χ4v) is 2.17. The van der Waals surface area contributed by atoms with Crippen molar-refractivity contribution >= 4 is 23.1 Å². The summed E-state index contributed by atoms with van der Waals surface area (Å²) in [5.74, 6) is 0.797. The highest BCUT2D eigenvalue weighted by Gasteiger charge is 2.04. The number of halogens is 1. The van der Waals surface area contributed by atoms with Crippen LogP contribution in [0.1, 0.15) is 11.3 Å². The lowest BCUT2D eigenvalue weighted by molar-refractivity contribution is 0.628. The molecular formula is C18H17FN4. The van der Waals surface area contributed by atoms with Crippen molar-refractivity contribution in [2.75, 3.05) is 10.6 Å². The molecule has 2 aromatic carbocycles. The number of rotatable bonds is 4. The highest BCUT2D eigenvalue weighted by atomic mass is 19.1. The van der Waals surface area contributed by atoms with Crippen LogP contribution in [0.15, 0.2) is 54.6 Å². The molecule has 116 valence electrons. The van der Waals surface area contributed by atoms with E-state index in [9.17, 15) is 4.39 Å². The monoisotopic (exact) mass is 308 g/mol. The van der Waals surface area contributed by atoms with Gasteiger partial charge in [0.05, 0.1) is 0 Å². The molecule has 23 heavy (non-hydrogen) atoms. The predicted molar refractivity (Wildman–Crippen MR) is 90.9 cm³/mol. The maximum atomic E-state index is 13.3. The van der Waals surface area contributed by atoms with E-state index in [0.29, 0.717) is 17.5 Å². The van der Waals surface area contributed by atoms with Crippen molar-refractivity contribution in [3.05, 3.63) is 71.7 Å². The van der Waals surface area contributed by atoms with Crippen molar-refractivity contribution in [2.45, 2.75) is 13.8 Å². The third-order valence-corrected chi connectivity index (χ3v) is 3.26. The van der Waals surface area contributed by atoms with E-state index in [2.05, 4.69) is 20.6 Å². The number of nitrogens with one attached hydrogen (secondary N) is 2. The molecule has 0 fully saturated rings. The zero-order valence-corrected chi connectivity index (χ0v) is 13.0. The lowest BCUT2D eigenvalue weighted by Gasteiger charge is -2.10. The van der Waals surface area contributed by atoms with Crippen molar-refractivity contribution in [3.8, 4) is 0 Å². The van der Waals surface area contributed by atoms with Gasteiger partial charge in [-0.25, -0.2) is 9.37 Å². The van der Waals surface area contributed by atoms with Gasteiger partial charge in [-0.05, 0) is 44.2 Å². The molecule has 1 aromatic heterocycles. The lowest BCUT2D eigenvalue weighted by Crippen LogP contribution is -2.02. The van der Waals surface area contributed by atoms with E-state index in [1.54, 1.807) is 12.1 Å². The maximum Gasteiger partial charge on any atom is 0.229 e. The zero-order valence-electron chi connectivity index (χ0n) is 13.0. The Balaban J connectivity index is 1.82. The summed E-state index contributed by atoms with van der Waals surface area (Å²) in [6, 6.07) is 16.1. The lowest BCUT2D eigenvalue weighted by atomic mass is 10.2. The van der Waals surface area contributed by atoms with Crippen molar-refractivity contribution < 1.29 is 4.39 Å². The second-order valence-corrected chi connectivity index (χ2v) is 5.34. The van der Waals surface area contributed by atoms with Gasteiger partial charge in [0.1, 0.15) is 11.6 Å². The summed E-state index contributed by atoms with van der Waals surface area (Å²) in [7, 11) is 0. The van der Waals surface area contributed by atoms with Gasteiger partial charge in [-0.3, -0.25) is 0 Å². The average molecular weight is 308 g/mol.